The molecule has 0 spiro atoms. The van der Waals surface area contributed by atoms with E-state index in [2.05, 4.69) is 10.9 Å². The van der Waals surface area contributed by atoms with E-state index < -0.39 is 5.97 Å². The van der Waals surface area contributed by atoms with Crippen molar-refractivity contribution in [2.24, 2.45) is 0 Å². The third-order valence-corrected chi connectivity index (χ3v) is 2.04. The van der Waals surface area contributed by atoms with Gasteiger partial charge in [0.25, 0.3) is 5.91 Å². The van der Waals surface area contributed by atoms with Gasteiger partial charge in [-0.15, -0.1) is 0 Å². The molecule has 1 aromatic carbocycles. The monoisotopic (exact) mass is 204 g/mol. The van der Waals surface area contributed by atoms with Crippen LogP contribution in [0.4, 0.5) is 0 Å². The molecule has 0 aliphatic carbocycles. The second-order valence-corrected chi connectivity index (χ2v) is 3.02. The molecule has 3 N–H and O–H groups in total. The van der Waals surface area contributed by atoms with Gasteiger partial charge in [-0.3, -0.25) is 15.6 Å². The van der Waals surface area contributed by atoms with Gasteiger partial charge in [0.1, 0.15) is 0 Å². The Morgan fingerprint density at radius 2 is 1.87 bits per heavy atom. The number of hydrogen-bond acceptors (Lipinski definition) is 3. The molecule has 0 fully saturated rings. The summed E-state index contributed by atoms with van der Waals surface area (Å²) >= 11 is 0. The maximum Gasteiger partial charge on any atom is 0.330 e. The zero-order valence-corrected chi connectivity index (χ0v) is 7.65. The molecule has 0 radical (unpaired) electrons. The Morgan fingerprint density at radius 1 is 1.20 bits per heavy atom. The Morgan fingerprint density at radius 3 is 2.53 bits per heavy atom. The normalized spacial score (nSPS) is 16.5. The van der Waals surface area contributed by atoms with E-state index in [-0.39, 0.29) is 5.91 Å². The zero-order valence-electron chi connectivity index (χ0n) is 7.65. The fraction of sp³-hybridized carbons (Fsp3) is 0. The highest BCUT2D eigenvalue weighted by Crippen LogP contribution is 2.19. The summed E-state index contributed by atoms with van der Waals surface area (Å²) in [6.45, 7) is 0. The number of carboxylic acid groups (broad SMARTS) is 1. The number of amides is 1. The van der Waals surface area contributed by atoms with Crippen molar-refractivity contribution < 1.29 is 14.7 Å². The van der Waals surface area contributed by atoms with Crippen molar-refractivity contribution in [2.45, 2.75) is 0 Å². The number of fused-ring (bicyclic) bond motifs is 1. The van der Waals surface area contributed by atoms with Crippen LogP contribution in [0.1, 0.15) is 15.9 Å². The van der Waals surface area contributed by atoms with Gasteiger partial charge in [0, 0.05) is 11.6 Å². The van der Waals surface area contributed by atoms with Crippen LogP contribution in [0.3, 0.4) is 0 Å². The molecule has 1 heterocycles. The standard InChI is InChI=1S/C10H8N2O3/c13-9(14)5-8-6-3-1-2-4-7(6)10(15)12-11-8/h1-5,11H,(H,12,15)(H,13,14)/b8-5+. The van der Waals surface area contributed by atoms with Crippen LogP contribution in [0.15, 0.2) is 30.3 Å². The van der Waals surface area contributed by atoms with Gasteiger partial charge in [0.05, 0.1) is 11.3 Å². The van der Waals surface area contributed by atoms with Gasteiger partial charge in [-0.2, -0.15) is 0 Å². The van der Waals surface area contributed by atoms with Gasteiger partial charge in [0.15, 0.2) is 0 Å². The summed E-state index contributed by atoms with van der Waals surface area (Å²) in [7, 11) is 0. The summed E-state index contributed by atoms with van der Waals surface area (Å²) in [5, 5.41) is 8.63. The third kappa shape index (κ3) is 1.67. The van der Waals surface area contributed by atoms with E-state index in [0.29, 0.717) is 16.8 Å². The van der Waals surface area contributed by atoms with Gasteiger partial charge >= 0.3 is 5.97 Å². The van der Waals surface area contributed by atoms with Gasteiger partial charge in [-0.1, -0.05) is 18.2 Å². The van der Waals surface area contributed by atoms with Crippen molar-refractivity contribution in [1.82, 2.24) is 10.9 Å². The molecular weight excluding hydrogens is 196 g/mol. The van der Waals surface area contributed by atoms with Gasteiger partial charge in [-0.05, 0) is 6.07 Å². The number of rotatable bonds is 1. The maximum atomic E-state index is 11.4. The molecule has 1 aliphatic rings. The first-order valence-corrected chi connectivity index (χ1v) is 4.29. The lowest BCUT2D eigenvalue weighted by molar-refractivity contribution is -0.131. The molecule has 0 bridgehead atoms. The highest BCUT2D eigenvalue weighted by molar-refractivity contribution is 6.03. The van der Waals surface area contributed by atoms with E-state index in [4.69, 9.17) is 5.11 Å². The Hall–Kier alpha value is -2.30. The summed E-state index contributed by atoms with van der Waals surface area (Å²) < 4.78 is 0. The first kappa shape index (κ1) is 9.26. The van der Waals surface area contributed by atoms with E-state index in [0.717, 1.165) is 6.08 Å². The van der Waals surface area contributed by atoms with Crippen LogP contribution in [0.2, 0.25) is 0 Å². The lowest BCUT2D eigenvalue weighted by Crippen LogP contribution is -2.41. The molecule has 5 nitrogen and oxygen atoms in total. The minimum absolute atomic E-state index is 0.270. The molecule has 0 saturated heterocycles. The number of carbonyl (C=O) groups is 2. The van der Waals surface area contributed by atoms with Gasteiger partial charge < -0.3 is 5.11 Å². The fourth-order valence-electron chi connectivity index (χ4n) is 1.41. The Labute approximate surface area is 85.4 Å². The topological polar surface area (TPSA) is 78.4 Å². The molecule has 76 valence electrons. The molecule has 1 aromatic rings. The summed E-state index contributed by atoms with van der Waals surface area (Å²) in [6.07, 6.45) is 1.01. The van der Waals surface area contributed by atoms with E-state index in [9.17, 15) is 9.59 Å². The summed E-state index contributed by atoms with van der Waals surface area (Å²) in [5.74, 6) is -1.34. The number of aliphatic carboxylic acids is 1. The third-order valence-electron chi connectivity index (χ3n) is 2.04. The second-order valence-electron chi connectivity index (χ2n) is 3.02. The van der Waals surface area contributed by atoms with Crippen LogP contribution >= 0.6 is 0 Å². The van der Waals surface area contributed by atoms with Crippen LogP contribution in [0.5, 0.6) is 0 Å². The SMILES string of the molecule is O=C(O)/C=C1/NNC(=O)c2ccccc21. The summed E-state index contributed by atoms with van der Waals surface area (Å²) in [5.41, 5.74) is 6.33. The number of carbonyl (C=O) groups excluding carboxylic acids is 1. The minimum atomic E-state index is -1.07. The van der Waals surface area contributed by atoms with E-state index in [1.165, 1.54) is 0 Å². The van der Waals surface area contributed by atoms with E-state index in [1.807, 2.05) is 0 Å². The molecule has 15 heavy (non-hydrogen) atoms. The molecule has 5 heteroatoms. The molecule has 0 unspecified atom stereocenters. The predicted molar refractivity (Wildman–Crippen MR) is 52.7 cm³/mol. The lowest BCUT2D eigenvalue weighted by Gasteiger charge is -2.20. The molecule has 1 amide bonds. The highest BCUT2D eigenvalue weighted by Gasteiger charge is 2.19. The first-order chi connectivity index (χ1) is 7.18. The number of hydrazine groups is 1. The molecule has 2 rings (SSSR count). The fourth-order valence-corrected chi connectivity index (χ4v) is 1.41. The van der Waals surface area contributed by atoms with E-state index >= 15 is 0 Å². The van der Waals surface area contributed by atoms with Crippen molar-refractivity contribution in [2.75, 3.05) is 0 Å². The number of hydrogen-bond donors (Lipinski definition) is 3. The average Bonchev–Trinajstić information content (AvgIpc) is 2.22. The van der Waals surface area contributed by atoms with Crippen LogP contribution < -0.4 is 10.9 Å². The van der Waals surface area contributed by atoms with Crippen LogP contribution in [-0.4, -0.2) is 17.0 Å². The van der Waals surface area contributed by atoms with Crippen LogP contribution in [0, 0.1) is 0 Å². The number of carboxylic acids is 1. The van der Waals surface area contributed by atoms with Crippen molar-refractivity contribution in [1.29, 1.82) is 0 Å². The molecular formula is C10H8N2O3. The first-order valence-electron chi connectivity index (χ1n) is 4.29. The molecule has 1 aliphatic heterocycles. The zero-order chi connectivity index (χ0) is 10.8. The summed E-state index contributed by atoms with van der Waals surface area (Å²) in [4.78, 5) is 21.9. The quantitative estimate of drug-likeness (QED) is 0.577. The highest BCUT2D eigenvalue weighted by atomic mass is 16.4. The minimum Gasteiger partial charge on any atom is -0.478 e. The average molecular weight is 204 g/mol. The van der Waals surface area contributed by atoms with Crippen molar-refractivity contribution in [3.8, 4) is 0 Å². The van der Waals surface area contributed by atoms with Crippen LogP contribution in [-0.2, 0) is 4.79 Å². The number of benzene rings is 1. The Bertz CT molecular complexity index is 465. The van der Waals surface area contributed by atoms with Crippen molar-refractivity contribution in [3.05, 3.63) is 41.5 Å². The molecule has 0 atom stereocenters. The lowest BCUT2D eigenvalue weighted by atomic mass is 10.0. The maximum absolute atomic E-state index is 11.4. The largest absolute Gasteiger partial charge is 0.478 e. The van der Waals surface area contributed by atoms with Crippen molar-refractivity contribution in [3.63, 3.8) is 0 Å². The van der Waals surface area contributed by atoms with Gasteiger partial charge in [-0.25, -0.2) is 4.79 Å². The number of nitrogens with one attached hydrogen (secondary N) is 2. The Kier molecular flexibility index (Phi) is 2.13. The smallest absolute Gasteiger partial charge is 0.330 e. The molecule has 0 saturated carbocycles. The summed E-state index contributed by atoms with van der Waals surface area (Å²) in [6, 6.07) is 6.80. The molecule has 0 aromatic heterocycles. The van der Waals surface area contributed by atoms with E-state index in [1.54, 1.807) is 24.3 Å². The van der Waals surface area contributed by atoms with Crippen LogP contribution in [0.25, 0.3) is 5.70 Å². The van der Waals surface area contributed by atoms with Gasteiger partial charge in [0.2, 0.25) is 0 Å². The van der Waals surface area contributed by atoms with Crippen molar-refractivity contribution >= 4 is 17.6 Å². The predicted octanol–water partition coefficient (Wildman–Crippen LogP) is 0.360. The second kappa shape index (κ2) is 3.45. The Balaban J connectivity index is 2.54.